The second-order valence-corrected chi connectivity index (χ2v) is 3.64. The smallest absolute Gasteiger partial charge is 0.166 e. The fourth-order valence-electron chi connectivity index (χ4n) is 0.107. The lowest BCUT2D eigenvalue weighted by Gasteiger charge is -1.76. The predicted molar refractivity (Wildman–Crippen MR) is 59.5 cm³/mol. The van der Waals surface area contributed by atoms with Crippen LogP contribution in [0.4, 0.5) is 0 Å². The zero-order valence-electron chi connectivity index (χ0n) is 7.25. The van der Waals surface area contributed by atoms with E-state index in [2.05, 4.69) is 18.3 Å². The van der Waals surface area contributed by atoms with Gasteiger partial charge in [0.05, 0.1) is 0 Å². The van der Waals surface area contributed by atoms with Crippen LogP contribution in [0.5, 0.6) is 0 Å². The van der Waals surface area contributed by atoms with Gasteiger partial charge in [-0.1, -0.05) is 21.3 Å². The van der Waals surface area contributed by atoms with Crippen LogP contribution >= 0.6 is 25.5 Å². The molecule has 0 aliphatic rings. The van der Waals surface area contributed by atoms with E-state index in [9.17, 15) is 0 Å². The quantitative estimate of drug-likeness (QED) is 0.768. The van der Waals surface area contributed by atoms with Crippen LogP contribution in [0.1, 0.15) is 21.3 Å². The minimum Gasteiger partial charge on any atom is -0.371 e. The highest BCUT2D eigenvalue weighted by atomic mass is 31.1. The number of ether oxygens (including phenoxy) is 1. The maximum absolute atomic E-state index is 7.65. The summed E-state index contributed by atoms with van der Waals surface area (Å²) in [7, 11) is 3.92. The molecule has 0 bridgehead atoms. The van der Waals surface area contributed by atoms with Gasteiger partial charge in [-0.3, -0.25) is 0 Å². The Morgan fingerprint density at radius 3 is 1.38 bits per heavy atom. The summed E-state index contributed by atoms with van der Waals surface area (Å²) in [6.07, 6.45) is 0. The minimum atomic E-state index is -0.181. The van der Waals surface area contributed by atoms with E-state index in [1.807, 2.05) is 13.8 Å². The van der Waals surface area contributed by atoms with Crippen LogP contribution in [0.3, 0.4) is 0 Å². The molecule has 0 aliphatic heterocycles. The van der Waals surface area contributed by atoms with Gasteiger partial charge in [0.15, 0.2) is 25.5 Å². The maximum Gasteiger partial charge on any atom is 0.166 e. The van der Waals surface area contributed by atoms with Crippen molar-refractivity contribution in [1.82, 2.24) is 13.5 Å². The summed E-state index contributed by atoms with van der Waals surface area (Å²) >= 11 is 0. The Labute approximate surface area is 84.7 Å². The van der Waals surface area contributed by atoms with Gasteiger partial charge in [-0.15, -0.1) is 0 Å². The van der Waals surface area contributed by atoms with Gasteiger partial charge < -0.3 is 9.84 Å². The van der Waals surface area contributed by atoms with Crippen LogP contribution in [0.2, 0.25) is 0 Å². The number of methoxy groups -OCH3 is 1. The number of hydrogen-bond acceptors (Lipinski definition) is 5. The van der Waals surface area contributed by atoms with Crippen molar-refractivity contribution in [3.63, 3.8) is 0 Å². The third-order valence-corrected chi connectivity index (χ3v) is 2.29. The highest BCUT2D eigenvalue weighted by Gasteiger charge is 1.64. The van der Waals surface area contributed by atoms with Crippen molar-refractivity contribution in [3.8, 4) is 0 Å². The standard InChI is InChI=1S/C2H6O2.C2H6.CH4.N3P3/c1-4-2-3;1-2;;1-4-2-6-3-5-1/h3H,2H2,1H3;1-2H3;1H4;. The highest BCUT2D eigenvalue weighted by molar-refractivity contribution is 7.43. The Bertz CT molecular complexity index is 117. The molecule has 0 radical (unpaired) electrons. The number of nitrogens with zero attached hydrogens (tertiary/aromatic N) is 3. The molecule has 1 N–H and O–H groups in total. The third kappa shape index (κ3) is 24.5. The first-order valence-corrected chi connectivity index (χ1v) is 5.61. The van der Waals surface area contributed by atoms with Gasteiger partial charge in [0.25, 0.3) is 0 Å². The third-order valence-electron chi connectivity index (χ3n) is 0.369. The molecule has 1 heterocycles. The first kappa shape index (κ1) is 18.9. The summed E-state index contributed by atoms with van der Waals surface area (Å²) in [6, 6.07) is 0. The molecule has 0 saturated heterocycles. The number of aliphatic hydroxyl groups is 1. The van der Waals surface area contributed by atoms with Crippen molar-refractivity contribution >= 4 is 25.5 Å². The molecule has 1 aromatic rings. The monoisotopic (exact) mass is 243 g/mol. The van der Waals surface area contributed by atoms with E-state index in [0.29, 0.717) is 0 Å². The lowest BCUT2D eigenvalue weighted by atomic mass is 11.0. The van der Waals surface area contributed by atoms with E-state index in [1.54, 1.807) is 0 Å². The van der Waals surface area contributed by atoms with E-state index < -0.39 is 0 Å². The zero-order valence-corrected chi connectivity index (χ0v) is 9.93. The lowest BCUT2D eigenvalue weighted by molar-refractivity contribution is 0.0325. The number of rotatable bonds is 1. The summed E-state index contributed by atoms with van der Waals surface area (Å²) in [5.41, 5.74) is 0. The first-order chi connectivity index (χ1) is 5.91. The molecule has 0 spiro atoms. The zero-order chi connectivity index (χ0) is 9.66. The van der Waals surface area contributed by atoms with E-state index >= 15 is 0 Å². The Kier molecular flexibility index (Phi) is 33.1. The van der Waals surface area contributed by atoms with Crippen LogP contribution in [0.25, 0.3) is 0 Å². The van der Waals surface area contributed by atoms with Gasteiger partial charge in [0.1, 0.15) is 6.79 Å². The largest absolute Gasteiger partial charge is 0.371 e. The van der Waals surface area contributed by atoms with Gasteiger partial charge in [0.2, 0.25) is 0 Å². The topological polar surface area (TPSA) is 68.1 Å². The minimum absolute atomic E-state index is 0. The molecule has 0 unspecified atom stereocenters. The van der Waals surface area contributed by atoms with Crippen molar-refractivity contribution < 1.29 is 9.84 Å². The lowest BCUT2D eigenvalue weighted by Crippen LogP contribution is -1.79. The Morgan fingerprint density at radius 1 is 1.08 bits per heavy atom. The van der Waals surface area contributed by atoms with Crippen molar-refractivity contribution in [1.29, 1.82) is 0 Å². The molecular formula is C5H16N3O2P3. The van der Waals surface area contributed by atoms with Gasteiger partial charge >= 0.3 is 0 Å². The van der Waals surface area contributed by atoms with Gasteiger partial charge in [-0.05, 0) is 0 Å². The second kappa shape index (κ2) is 22.8. The van der Waals surface area contributed by atoms with Crippen LogP contribution in [-0.2, 0) is 4.74 Å². The molecular weight excluding hydrogens is 227 g/mol. The molecule has 13 heavy (non-hydrogen) atoms. The predicted octanol–water partition coefficient (Wildman–Crippen LogP) is 2.86. The fraction of sp³-hybridized carbons (Fsp3) is 1.00. The molecule has 0 amide bonds. The summed E-state index contributed by atoms with van der Waals surface area (Å²) < 4.78 is 15.4. The number of hydrogen-bond donors (Lipinski definition) is 1. The molecule has 78 valence electrons. The van der Waals surface area contributed by atoms with Crippen molar-refractivity contribution in [2.45, 2.75) is 21.3 Å². The number of aliphatic hydroxyl groups excluding tert-OH is 1. The van der Waals surface area contributed by atoms with Gasteiger partial charge in [-0.2, -0.15) is 13.5 Å². The fourth-order valence-corrected chi connectivity index (χ4v) is 1.93. The van der Waals surface area contributed by atoms with Gasteiger partial charge in [-0.25, -0.2) is 0 Å². The molecule has 1 aromatic heterocycles. The molecule has 8 heteroatoms. The van der Waals surface area contributed by atoms with Crippen molar-refractivity contribution in [2.75, 3.05) is 13.9 Å². The number of aromatic nitrogens is 3. The SMILES string of the molecule is C.CC.COCO.n1pnpnp1. The molecule has 5 nitrogen and oxygen atoms in total. The Balaban J connectivity index is -0.000000128. The molecule has 0 atom stereocenters. The summed E-state index contributed by atoms with van der Waals surface area (Å²) in [5, 5.41) is 7.65. The molecule has 0 fully saturated rings. The van der Waals surface area contributed by atoms with Gasteiger partial charge in [0, 0.05) is 7.11 Å². The maximum atomic E-state index is 7.65. The van der Waals surface area contributed by atoms with E-state index in [1.165, 1.54) is 7.11 Å². The van der Waals surface area contributed by atoms with E-state index in [4.69, 9.17) is 5.11 Å². The van der Waals surface area contributed by atoms with Crippen molar-refractivity contribution in [2.24, 2.45) is 0 Å². The van der Waals surface area contributed by atoms with E-state index in [0.717, 1.165) is 25.5 Å². The average Bonchev–Trinajstić information content (AvgIpc) is 2.24. The Hall–Kier alpha value is 0.220. The molecule has 1 rings (SSSR count). The van der Waals surface area contributed by atoms with E-state index in [-0.39, 0.29) is 14.2 Å². The highest BCUT2D eigenvalue weighted by Crippen LogP contribution is 2.01. The van der Waals surface area contributed by atoms with Crippen molar-refractivity contribution in [3.05, 3.63) is 0 Å². The molecule has 0 aliphatic carbocycles. The summed E-state index contributed by atoms with van der Waals surface area (Å²) in [6.45, 7) is 3.82. The summed E-state index contributed by atoms with van der Waals surface area (Å²) in [5.74, 6) is 0. The van der Waals surface area contributed by atoms with Crippen LogP contribution in [0.15, 0.2) is 0 Å². The summed E-state index contributed by atoms with van der Waals surface area (Å²) in [4.78, 5) is 0. The second-order valence-electron chi connectivity index (χ2n) is 0.954. The normalized spacial score (nSPS) is 8.31. The first-order valence-electron chi connectivity index (χ1n) is 3.21. The average molecular weight is 243 g/mol. The van der Waals surface area contributed by atoms with Crippen LogP contribution < -0.4 is 0 Å². The van der Waals surface area contributed by atoms with Crippen LogP contribution in [0, 0.1) is 0 Å². The van der Waals surface area contributed by atoms with Crippen LogP contribution in [-0.4, -0.2) is 32.5 Å². The molecule has 0 aromatic carbocycles. The molecule has 0 saturated carbocycles. The Morgan fingerprint density at radius 2 is 1.31 bits per heavy atom.